The number of carbonyl (C=O) groups is 2. The van der Waals surface area contributed by atoms with Gasteiger partial charge in [0, 0.05) is 32.1 Å². The van der Waals surface area contributed by atoms with Crippen LogP contribution in [0, 0.1) is 13.8 Å². The zero-order valence-electron chi connectivity index (χ0n) is 16.1. The van der Waals surface area contributed by atoms with E-state index in [-0.39, 0.29) is 11.7 Å². The summed E-state index contributed by atoms with van der Waals surface area (Å²) in [5.74, 6) is 0.863. The molecule has 1 aromatic heterocycles. The topological polar surface area (TPSA) is 64.4 Å². The van der Waals surface area contributed by atoms with Crippen molar-refractivity contribution in [2.45, 2.75) is 45.1 Å². The summed E-state index contributed by atoms with van der Waals surface area (Å²) in [4.78, 5) is 27.1. The van der Waals surface area contributed by atoms with E-state index in [4.69, 9.17) is 4.74 Å². The lowest BCUT2D eigenvalue weighted by Gasteiger charge is -2.34. The second-order valence-electron chi connectivity index (χ2n) is 7.72. The Balaban J connectivity index is 1.42. The largest absolute Gasteiger partial charge is 0.484 e. The third-order valence-corrected chi connectivity index (χ3v) is 5.91. The maximum atomic E-state index is 12.8. The molecule has 0 unspecified atom stereocenters. The molecule has 0 radical (unpaired) electrons. The van der Waals surface area contributed by atoms with Crippen LogP contribution in [0.25, 0.3) is 0 Å². The van der Waals surface area contributed by atoms with Gasteiger partial charge in [0.2, 0.25) is 5.91 Å². The Morgan fingerprint density at radius 2 is 2.07 bits per heavy atom. The lowest BCUT2D eigenvalue weighted by atomic mass is 9.89. The standard InChI is InChI=1S/C21H25N3O3/c1-14-16(15(2)23(3)22-14)8-9-20(26)24-11-10-21(13-24)12-18(25)17-6-4-5-7-19(17)27-21/h4-7H,8-13H2,1-3H3/t21-/m0/s1. The number of ketones is 1. The molecule has 0 N–H and O–H groups in total. The van der Waals surface area contributed by atoms with Gasteiger partial charge < -0.3 is 9.64 Å². The van der Waals surface area contributed by atoms with Gasteiger partial charge in [0.25, 0.3) is 0 Å². The summed E-state index contributed by atoms with van der Waals surface area (Å²) < 4.78 is 8.07. The Morgan fingerprint density at radius 3 is 2.81 bits per heavy atom. The molecule has 4 rings (SSSR count). The van der Waals surface area contributed by atoms with E-state index in [0.29, 0.717) is 50.1 Å². The molecule has 0 aliphatic carbocycles. The number of likely N-dealkylation sites (tertiary alicyclic amines) is 1. The number of hydrogen-bond acceptors (Lipinski definition) is 4. The SMILES string of the molecule is Cc1nn(C)c(C)c1CCC(=O)N1CC[C@]2(CC(=O)c3ccccc3O2)C1. The van der Waals surface area contributed by atoms with Crippen molar-refractivity contribution in [2.24, 2.45) is 7.05 Å². The van der Waals surface area contributed by atoms with Crippen molar-refractivity contribution >= 4 is 11.7 Å². The van der Waals surface area contributed by atoms with Crippen LogP contribution in [-0.4, -0.2) is 45.1 Å². The fraction of sp³-hybridized carbons (Fsp3) is 0.476. The van der Waals surface area contributed by atoms with Crippen LogP contribution in [0.3, 0.4) is 0 Å². The van der Waals surface area contributed by atoms with Gasteiger partial charge in [0.05, 0.1) is 24.2 Å². The summed E-state index contributed by atoms with van der Waals surface area (Å²) in [6.07, 6.45) is 2.18. The molecule has 2 aliphatic rings. The fourth-order valence-corrected chi connectivity index (χ4v) is 4.30. The highest BCUT2D eigenvalue weighted by molar-refractivity contribution is 6.00. The number of hydrogen-bond donors (Lipinski definition) is 0. The van der Waals surface area contributed by atoms with Gasteiger partial charge in [-0.05, 0) is 38.0 Å². The van der Waals surface area contributed by atoms with Crippen molar-refractivity contribution in [3.63, 3.8) is 0 Å². The first-order chi connectivity index (χ1) is 12.9. The van der Waals surface area contributed by atoms with Gasteiger partial charge in [-0.3, -0.25) is 14.3 Å². The van der Waals surface area contributed by atoms with E-state index in [2.05, 4.69) is 5.10 Å². The lowest BCUT2D eigenvalue weighted by molar-refractivity contribution is -0.130. The second-order valence-corrected chi connectivity index (χ2v) is 7.72. The first kappa shape index (κ1) is 17.8. The summed E-state index contributed by atoms with van der Waals surface area (Å²) in [7, 11) is 1.92. The van der Waals surface area contributed by atoms with Gasteiger partial charge in [-0.25, -0.2) is 0 Å². The number of para-hydroxylation sites is 1. The second kappa shape index (κ2) is 6.51. The number of aryl methyl sites for hydroxylation is 2. The van der Waals surface area contributed by atoms with Crippen molar-refractivity contribution in [1.82, 2.24) is 14.7 Å². The van der Waals surface area contributed by atoms with E-state index in [1.807, 2.05) is 48.7 Å². The van der Waals surface area contributed by atoms with Crippen molar-refractivity contribution in [2.75, 3.05) is 13.1 Å². The normalized spacial score (nSPS) is 21.4. The van der Waals surface area contributed by atoms with E-state index in [1.165, 1.54) is 0 Å². The van der Waals surface area contributed by atoms with Crippen molar-refractivity contribution in [3.8, 4) is 5.75 Å². The summed E-state index contributed by atoms with van der Waals surface area (Å²) >= 11 is 0. The lowest BCUT2D eigenvalue weighted by Crippen LogP contribution is -2.45. The van der Waals surface area contributed by atoms with E-state index < -0.39 is 5.60 Å². The van der Waals surface area contributed by atoms with Gasteiger partial charge in [-0.2, -0.15) is 5.10 Å². The van der Waals surface area contributed by atoms with Crippen LogP contribution in [0.15, 0.2) is 24.3 Å². The van der Waals surface area contributed by atoms with E-state index in [1.54, 1.807) is 6.07 Å². The summed E-state index contributed by atoms with van der Waals surface area (Å²) in [6.45, 7) is 5.14. The van der Waals surface area contributed by atoms with Crippen LogP contribution < -0.4 is 4.74 Å². The summed E-state index contributed by atoms with van der Waals surface area (Å²) in [6, 6.07) is 7.38. The maximum absolute atomic E-state index is 12.8. The van der Waals surface area contributed by atoms with Crippen LogP contribution >= 0.6 is 0 Å². The predicted molar refractivity (Wildman–Crippen MR) is 101 cm³/mol. The molecule has 2 aromatic rings. The van der Waals surface area contributed by atoms with Crippen LogP contribution in [0.2, 0.25) is 0 Å². The molecule has 1 amide bonds. The smallest absolute Gasteiger partial charge is 0.223 e. The number of fused-ring (bicyclic) bond motifs is 1. The molecule has 0 saturated carbocycles. The van der Waals surface area contributed by atoms with Gasteiger partial charge in [0.1, 0.15) is 11.4 Å². The minimum atomic E-state index is -0.568. The van der Waals surface area contributed by atoms with Gasteiger partial charge in [-0.1, -0.05) is 12.1 Å². The molecule has 27 heavy (non-hydrogen) atoms. The molecule has 6 heteroatoms. The molecule has 1 aromatic carbocycles. The quantitative estimate of drug-likeness (QED) is 0.836. The molecular weight excluding hydrogens is 342 g/mol. The number of benzene rings is 1. The number of Topliss-reactive ketones (excluding diaryl/α,β-unsaturated/α-hetero) is 1. The number of carbonyl (C=O) groups excluding carboxylic acids is 2. The Labute approximate surface area is 159 Å². The molecule has 142 valence electrons. The molecule has 0 bridgehead atoms. The number of ether oxygens (including phenoxy) is 1. The number of amides is 1. The summed E-state index contributed by atoms with van der Waals surface area (Å²) in [5.41, 5.74) is 3.32. The zero-order chi connectivity index (χ0) is 19.2. The number of rotatable bonds is 3. The summed E-state index contributed by atoms with van der Waals surface area (Å²) in [5, 5.41) is 4.42. The van der Waals surface area contributed by atoms with Gasteiger partial charge in [0.15, 0.2) is 5.78 Å². The average Bonchev–Trinajstić information content (AvgIpc) is 3.14. The third kappa shape index (κ3) is 3.13. The molecule has 6 nitrogen and oxygen atoms in total. The molecule has 1 spiro atoms. The predicted octanol–water partition coefficient (Wildman–Crippen LogP) is 2.61. The Hall–Kier alpha value is -2.63. The van der Waals surface area contributed by atoms with Crippen molar-refractivity contribution in [3.05, 3.63) is 46.8 Å². The highest BCUT2D eigenvalue weighted by Gasteiger charge is 2.46. The Morgan fingerprint density at radius 1 is 1.30 bits per heavy atom. The maximum Gasteiger partial charge on any atom is 0.223 e. The monoisotopic (exact) mass is 367 g/mol. The van der Waals surface area contributed by atoms with Crippen LogP contribution in [0.1, 0.15) is 46.6 Å². The molecule has 1 saturated heterocycles. The molecule has 3 heterocycles. The van der Waals surface area contributed by atoms with E-state index >= 15 is 0 Å². The highest BCUT2D eigenvalue weighted by atomic mass is 16.5. The van der Waals surface area contributed by atoms with Crippen molar-refractivity contribution < 1.29 is 14.3 Å². The number of nitrogens with zero attached hydrogens (tertiary/aromatic N) is 3. The zero-order valence-corrected chi connectivity index (χ0v) is 16.1. The molecule has 1 fully saturated rings. The fourth-order valence-electron chi connectivity index (χ4n) is 4.30. The van der Waals surface area contributed by atoms with Crippen LogP contribution in [-0.2, 0) is 18.3 Å². The van der Waals surface area contributed by atoms with Gasteiger partial charge in [-0.15, -0.1) is 0 Å². The highest BCUT2D eigenvalue weighted by Crippen LogP contribution is 2.38. The molecule has 2 aliphatic heterocycles. The molecular formula is C21H25N3O3. The van der Waals surface area contributed by atoms with Crippen LogP contribution in [0.4, 0.5) is 0 Å². The van der Waals surface area contributed by atoms with Crippen LogP contribution in [0.5, 0.6) is 5.75 Å². The average molecular weight is 367 g/mol. The minimum absolute atomic E-state index is 0.104. The van der Waals surface area contributed by atoms with E-state index in [9.17, 15) is 9.59 Å². The Bertz CT molecular complexity index is 917. The van der Waals surface area contributed by atoms with Gasteiger partial charge >= 0.3 is 0 Å². The first-order valence-corrected chi connectivity index (χ1v) is 9.47. The third-order valence-electron chi connectivity index (χ3n) is 5.91. The number of aromatic nitrogens is 2. The molecule has 1 atom stereocenters. The minimum Gasteiger partial charge on any atom is -0.484 e. The van der Waals surface area contributed by atoms with Crippen molar-refractivity contribution in [1.29, 1.82) is 0 Å². The first-order valence-electron chi connectivity index (χ1n) is 9.47. The Kier molecular flexibility index (Phi) is 4.29. The van der Waals surface area contributed by atoms with E-state index in [0.717, 1.165) is 17.0 Å².